The van der Waals surface area contributed by atoms with Gasteiger partial charge >= 0.3 is 6.09 Å². The highest BCUT2D eigenvalue weighted by atomic mass is 16.6. The minimum absolute atomic E-state index is 0.238. The molecule has 11 nitrogen and oxygen atoms in total. The summed E-state index contributed by atoms with van der Waals surface area (Å²) in [5.74, 6) is 0.335. The average molecular weight is 509 g/mol. The number of alkyl carbamates (subject to hydrolysis) is 1. The Morgan fingerprint density at radius 2 is 1.86 bits per heavy atom. The Balaban J connectivity index is 1.21. The van der Waals surface area contributed by atoms with Crippen LogP contribution in [0.3, 0.4) is 0 Å². The number of morpholine rings is 1. The van der Waals surface area contributed by atoms with Crippen LogP contribution in [0.2, 0.25) is 0 Å². The molecule has 0 radical (unpaired) electrons. The van der Waals surface area contributed by atoms with Gasteiger partial charge in [-0.3, -0.25) is 4.79 Å². The molecule has 196 valence electrons. The van der Waals surface area contributed by atoms with Crippen LogP contribution < -0.4 is 20.4 Å². The number of ether oxygens (including phenoxy) is 2. The fourth-order valence-electron chi connectivity index (χ4n) is 4.32. The molecular formula is C26H32N6O5. The maximum absolute atomic E-state index is 13.0. The van der Waals surface area contributed by atoms with Crippen LogP contribution in [0.5, 0.6) is 0 Å². The van der Waals surface area contributed by atoms with E-state index >= 15 is 0 Å². The van der Waals surface area contributed by atoms with E-state index in [1.807, 2.05) is 42.7 Å². The first-order valence-corrected chi connectivity index (χ1v) is 12.5. The Hall–Kier alpha value is -3.86. The molecule has 4 heterocycles. The first-order valence-electron chi connectivity index (χ1n) is 12.5. The first-order chi connectivity index (χ1) is 17.7. The number of anilines is 3. The Labute approximate surface area is 215 Å². The van der Waals surface area contributed by atoms with Crippen LogP contribution in [0.4, 0.5) is 22.3 Å². The number of pyridine rings is 1. The highest BCUT2D eigenvalue weighted by molar-refractivity contribution is 6.03. The van der Waals surface area contributed by atoms with Gasteiger partial charge in [0, 0.05) is 43.3 Å². The van der Waals surface area contributed by atoms with E-state index in [2.05, 4.69) is 20.6 Å². The van der Waals surface area contributed by atoms with E-state index in [-0.39, 0.29) is 17.6 Å². The number of oxazole rings is 1. The molecule has 2 aliphatic rings. The number of fused-ring (bicyclic) bond motifs is 1. The van der Waals surface area contributed by atoms with Crippen LogP contribution >= 0.6 is 0 Å². The lowest BCUT2D eigenvalue weighted by Gasteiger charge is -2.24. The molecule has 1 atom stereocenters. The zero-order valence-corrected chi connectivity index (χ0v) is 21.3. The molecule has 1 aromatic carbocycles. The smallest absolute Gasteiger partial charge is 0.407 e. The van der Waals surface area contributed by atoms with Crippen LogP contribution in [0.15, 0.2) is 40.8 Å². The Bertz CT molecular complexity index is 1280. The summed E-state index contributed by atoms with van der Waals surface area (Å²) >= 11 is 0. The third-order valence-corrected chi connectivity index (χ3v) is 6.10. The summed E-state index contributed by atoms with van der Waals surface area (Å²) in [5, 5.41) is 5.71. The summed E-state index contributed by atoms with van der Waals surface area (Å²) in [6.45, 7) is 9.65. The number of hydrogen-bond donors (Lipinski definition) is 2. The van der Waals surface area contributed by atoms with Gasteiger partial charge in [0.05, 0.1) is 19.8 Å². The van der Waals surface area contributed by atoms with Gasteiger partial charge in [0.15, 0.2) is 5.58 Å². The molecule has 2 aliphatic heterocycles. The van der Waals surface area contributed by atoms with Gasteiger partial charge in [0.1, 0.15) is 23.1 Å². The average Bonchev–Trinajstić information content (AvgIpc) is 3.50. The Morgan fingerprint density at radius 3 is 2.65 bits per heavy atom. The van der Waals surface area contributed by atoms with Crippen molar-refractivity contribution in [1.82, 2.24) is 15.3 Å². The summed E-state index contributed by atoms with van der Waals surface area (Å²) in [6.07, 6.45) is 0.0260. The zero-order valence-electron chi connectivity index (χ0n) is 21.3. The molecule has 0 aliphatic carbocycles. The van der Waals surface area contributed by atoms with Gasteiger partial charge in [0.25, 0.3) is 11.9 Å². The molecule has 2 N–H and O–H groups in total. The highest BCUT2D eigenvalue weighted by Crippen LogP contribution is 2.26. The minimum atomic E-state index is -0.429. The van der Waals surface area contributed by atoms with E-state index in [1.54, 1.807) is 24.3 Å². The third kappa shape index (κ3) is 6.11. The summed E-state index contributed by atoms with van der Waals surface area (Å²) < 4.78 is 16.9. The molecule has 1 unspecified atom stereocenters. The molecule has 2 aromatic heterocycles. The number of amides is 2. The van der Waals surface area contributed by atoms with E-state index in [1.165, 1.54) is 0 Å². The van der Waals surface area contributed by atoms with E-state index in [9.17, 15) is 9.59 Å². The molecule has 0 bridgehead atoms. The fraction of sp³-hybridized carbons (Fsp3) is 0.462. The van der Waals surface area contributed by atoms with Crippen molar-refractivity contribution in [3.63, 3.8) is 0 Å². The SMILES string of the molecule is CC(C)(C)NC(=O)OC1CCN(c2cccc(C(=O)Nc3ccc4nc(N5CCOCC5)oc4c3)n2)C1. The second kappa shape index (κ2) is 10.3. The van der Waals surface area contributed by atoms with Crippen molar-refractivity contribution in [2.24, 2.45) is 0 Å². The lowest BCUT2D eigenvalue weighted by Crippen LogP contribution is -2.42. The van der Waals surface area contributed by atoms with Gasteiger partial charge in [-0.2, -0.15) is 4.98 Å². The number of carbonyl (C=O) groups excluding carboxylic acids is 2. The summed E-state index contributed by atoms with van der Waals surface area (Å²) in [6, 6.07) is 11.2. The van der Waals surface area contributed by atoms with Gasteiger partial charge in [-0.25, -0.2) is 9.78 Å². The summed E-state index contributed by atoms with van der Waals surface area (Å²) in [4.78, 5) is 38.2. The second-order valence-corrected chi connectivity index (χ2v) is 10.3. The lowest BCUT2D eigenvalue weighted by atomic mass is 10.1. The molecule has 2 amide bonds. The number of hydrogen-bond acceptors (Lipinski definition) is 9. The van der Waals surface area contributed by atoms with Crippen molar-refractivity contribution in [1.29, 1.82) is 0 Å². The molecule has 2 fully saturated rings. The summed E-state index contributed by atoms with van der Waals surface area (Å²) in [7, 11) is 0. The lowest BCUT2D eigenvalue weighted by molar-refractivity contribution is 0.101. The van der Waals surface area contributed by atoms with Crippen LogP contribution in [0, 0.1) is 0 Å². The van der Waals surface area contributed by atoms with Crippen molar-refractivity contribution < 1.29 is 23.5 Å². The van der Waals surface area contributed by atoms with Crippen LogP contribution in [-0.2, 0) is 9.47 Å². The normalized spacial score (nSPS) is 18.2. The molecule has 0 saturated carbocycles. The molecule has 3 aromatic rings. The summed E-state index contributed by atoms with van der Waals surface area (Å²) in [5.41, 5.74) is 1.84. The molecule has 11 heteroatoms. The van der Waals surface area contributed by atoms with Gasteiger partial charge < -0.3 is 34.3 Å². The van der Waals surface area contributed by atoms with Crippen LogP contribution in [0.25, 0.3) is 11.1 Å². The van der Waals surface area contributed by atoms with Gasteiger partial charge in [-0.05, 0) is 45.0 Å². The van der Waals surface area contributed by atoms with Crippen molar-refractivity contribution in [3.05, 3.63) is 42.1 Å². The van der Waals surface area contributed by atoms with Crippen molar-refractivity contribution >= 4 is 40.6 Å². The van der Waals surface area contributed by atoms with Gasteiger partial charge in [-0.15, -0.1) is 0 Å². The number of nitrogens with one attached hydrogen (secondary N) is 2. The largest absolute Gasteiger partial charge is 0.444 e. The van der Waals surface area contributed by atoms with Crippen molar-refractivity contribution in [2.45, 2.75) is 38.8 Å². The van der Waals surface area contributed by atoms with Crippen LogP contribution in [0.1, 0.15) is 37.7 Å². The molecule has 37 heavy (non-hydrogen) atoms. The Morgan fingerprint density at radius 1 is 1.05 bits per heavy atom. The maximum Gasteiger partial charge on any atom is 0.407 e. The van der Waals surface area contributed by atoms with E-state index in [0.717, 1.165) is 18.6 Å². The van der Waals surface area contributed by atoms with Gasteiger partial charge in [0.2, 0.25) is 0 Å². The first kappa shape index (κ1) is 24.8. The molecular weight excluding hydrogens is 476 g/mol. The number of nitrogens with zero attached hydrogens (tertiary/aromatic N) is 4. The second-order valence-electron chi connectivity index (χ2n) is 10.3. The number of aromatic nitrogens is 2. The number of benzene rings is 1. The van der Waals surface area contributed by atoms with E-state index in [4.69, 9.17) is 13.9 Å². The zero-order chi connectivity index (χ0) is 26.0. The van der Waals surface area contributed by atoms with Gasteiger partial charge in [-0.1, -0.05) is 6.07 Å². The Kier molecular flexibility index (Phi) is 6.88. The van der Waals surface area contributed by atoms with Crippen LogP contribution in [-0.4, -0.2) is 73.0 Å². The van der Waals surface area contributed by atoms with E-state index < -0.39 is 6.09 Å². The third-order valence-electron chi connectivity index (χ3n) is 6.10. The van der Waals surface area contributed by atoms with E-state index in [0.29, 0.717) is 61.5 Å². The maximum atomic E-state index is 13.0. The molecule has 2 saturated heterocycles. The predicted molar refractivity (Wildman–Crippen MR) is 139 cm³/mol. The topological polar surface area (TPSA) is 122 Å². The quantitative estimate of drug-likeness (QED) is 0.534. The van der Waals surface area contributed by atoms with Crippen molar-refractivity contribution in [3.8, 4) is 0 Å². The number of carbonyl (C=O) groups is 2. The highest BCUT2D eigenvalue weighted by Gasteiger charge is 2.28. The van der Waals surface area contributed by atoms with Crippen molar-refractivity contribution in [2.75, 3.05) is 54.5 Å². The fourth-order valence-corrected chi connectivity index (χ4v) is 4.32. The standard InChI is InChI=1S/C26H32N6O5/c1-26(2,3)30-25(34)36-18-9-10-32(16-18)22-6-4-5-20(28-22)23(33)27-17-7-8-19-21(15-17)37-24(29-19)31-11-13-35-14-12-31/h4-8,15,18H,9-14,16H2,1-3H3,(H,27,33)(H,30,34). The number of rotatable bonds is 5. The predicted octanol–water partition coefficient (Wildman–Crippen LogP) is 3.42. The molecule has 0 spiro atoms. The monoisotopic (exact) mass is 508 g/mol. The minimum Gasteiger partial charge on any atom is -0.444 e. The molecule has 5 rings (SSSR count).